The molecule has 0 aliphatic rings. The van der Waals surface area contributed by atoms with Crippen LogP contribution in [-0.2, 0) is 0 Å². The molecule has 0 aliphatic heterocycles. The fourth-order valence-corrected chi connectivity index (χ4v) is 2.69. The van der Waals surface area contributed by atoms with Gasteiger partial charge in [0.05, 0.1) is 0 Å². The van der Waals surface area contributed by atoms with Crippen LogP contribution in [0.15, 0.2) is 12.2 Å². The van der Waals surface area contributed by atoms with Crippen LogP contribution in [-0.4, -0.2) is 11.7 Å². The summed E-state index contributed by atoms with van der Waals surface area (Å²) in [6, 6.07) is 0. The molecule has 0 bridgehead atoms. The summed E-state index contributed by atoms with van der Waals surface area (Å²) in [4.78, 5) is 0. The van der Waals surface area contributed by atoms with Crippen molar-refractivity contribution in [3.05, 3.63) is 12.2 Å². The standard InChI is InChI=1S/C19H38N2S/c1-2-3-4-5-6-7-8-9-10-11-12-13-14-15-16-17-18-21-19(20)22/h9-10H,2-8,11-18H2,1H3,(H3,20,21,22)/b10-9-. The molecule has 0 unspecified atom stereocenters. The van der Waals surface area contributed by atoms with E-state index < -0.39 is 0 Å². The predicted octanol–water partition coefficient (Wildman–Crippen LogP) is 5.86. The summed E-state index contributed by atoms with van der Waals surface area (Å²) in [5, 5.41) is 3.42. The van der Waals surface area contributed by atoms with E-state index in [1.54, 1.807) is 0 Å². The van der Waals surface area contributed by atoms with E-state index in [-0.39, 0.29) is 0 Å². The summed E-state index contributed by atoms with van der Waals surface area (Å²) in [6.07, 6.45) is 23.6. The number of unbranched alkanes of at least 4 members (excludes halogenated alkanes) is 12. The number of hydrogen-bond acceptors (Lipinski definition) is 1. The second-order valence-electron chi connectivity index (χ2n) is 6.23. The highest BCUT2D eigenvalue weighted by molar-refractivity contribution is 7.80. The lowest BCUT2D eigenvalue weighted by Gasteiger charge is -2.03. The molecule has 0 aromatic heterocycles. The van der Waals surface area contributed by atoms with E-state index >= 15 is 0 Å². The molecule has 0 spiro atoms. The molecular formula is C19H38N2S. The predicted molar refractivity (Wildman–Crippen MR) is 104 cm³/mol. The fourth-order valence-electron chi connectivity index (χ4n) is 2.58. The molecule has 0 aromatic rings. The van der Waals surface area contributed by atoms with Gasteiger partial charge in [0.1, 0.15) is 0 Å². The molecule has 0 radical (unpaired) electrons. The molecule has 0 atom stereocenters. The molecule has 0 saturated carbocycles. The average molecular weight is 327 g/mol. The smallest absolute Gasteiger partial charge is 0.163 e. The van der Waals surface area contributed by atoms with Gasteiger partial charge in [0.2, 0.25) is 0 Å². The minimum atomic E-state index is 0.424. The first-order valence-corrected chi connectivity index (χ1v) is 9.86. The van der Waals surface area contributed by atoms with Crippen LogP contribution in [0, 0.1) is 0 Å². The molecule has 2 nitrogen and oxygen atoms in total. The topological polar surface area (TPSA) is 38.0 Å². The van der Waals surface area contributed by atoms with Crippen LogP contribution in [0.3, 0.4) is 0 Å². The first-order chi connectivity index (χ1) is 10.8. The maximum Gasteiger partial charge on any atom is 0.163 e. The largest absolute Gasteiger partial charge is 0.376 e. The second-order valence-corrected chi connectivity index (χ2v) is 6.67. The van der Waals surface area contributed by atoms with Crippen molar-refractivity contribution < 1.29 is 0 Å². The van der Waals surface area contributed by atoms with Crippen LogP contribution < -0.4 is 11.1 Å². The number of allylic oxidation sites excluding steroid dienone is 2. The molecule has 0 amide bonds. The quantitative estimate of drug-likeness (QED) is 0.212. The molecule has 0 aliphatic carbocycles. The Hall–Kier alpha value is -0.570. The second kappa shape index (κ2) is 18.5. The number of rotatable bonds is 16. The van der Waals surface area contributed by atoms with Gasteiger partial charge in [-0.05, 0) is 44.3 Å². The van der Waals surface area contributed by atoms with E-state index in [9.17, 15) is 0 Å². The highest BCUT2D eigenvalue weighted by Gasteiger charge is 1.92. The fraction of sp³-hybridized carbons (Fsp3) is 0.842. The van der Waals surface area contributed by atoms with Gasteiger partial charge in [-0.25, -0.2) is 0 Å². The third-order valence-corrected chi connectivity index (χ3v) is 4.13. The number of thiocarbonyl (C=S) groups is 1. The van der Waals surface area contributed by atoms with E-state index in [0.29, 0.717) is 5.11 Å². The monoisotopic (exact) mass is 326 g/mol. The highest BCUT2D eigenvalue weighted by atomic mass is 32.1. The Morgan fingerprint density at radius 2 is 1.23 bits per heavy atom. The third-order valence-electron chi connectivity index (χ3n) is 3.99. The normalized spacial score (nSPS) is 11.1. The van der Waals surface area contributed by atoms with Crippen molar-refractivity contribution in [1.82, 2.24) is 5.32 Å². The minimum absolute atomic E-state index is 0.424. The SMILES string of the molecule is CCCCCCCC/C=C\CCCCCCCCNC(N)=S. The minimum Gasteiger partial charge on any atom is -0.376 e. The maximum atomic E-state index is 5.37. The van der Waals surface area contributed by atoms with E-state index in [1.165, 1.54) is 89.9 Å². The van der Waals surface area contributed by atoms with Gasteiger partial charge in [-0.3, -0.25) is 0 Å². The van der Waals surface area contributed by atoms with Crippen molar-refractivity contribution in [2.75, 3.05) is 6.54 Å². The van der Waals surface area contributed by atoms with Gasteiger partial charge < -0.3 is 11.1 Å². The van der Waals surface area contributed by atoms with Crippen LogP contribution in [0.5, 0.6) is 0 Å². The van der Waals surface area contributed by atoms with Crippen LogP contribution in [0.4, 0.5) is 0 Å². The van der Waals surface area contributed by atoms with Gasteiger partial charge in [0, 0.05) is 6.54 Å². The Labute approximate surface area is 144 Å². The van der Waals surface area contributed by atoms with E-state index in [0.717, 1.165) is 6.54 Å². The Bertz CT molecular complexity index is 264. The first kappa shape index (κ1) is 21.4. The van der Waals surface area contributed by atoms with Gasteiger partial charge in [0.15, 0.2) is 5.11 Å². The summed E-state index contributed by atoms with van der Waals surface area (Å²) in [7, 11) is 0. The molecule has 3 N–H and O–H groups in total. The molecular weight excluding hydrogens is 288 g/mol. The van der Waals surface area contributed by atoms with E-state index in [4.69, 9.17) is 18.0 Å². The summed E-state index contributed by atoms with van der Waals surface area (Å²) in [5.74, 6) is 0. The molecule has 22 heavy (non-hydrogen) atoms. The van der Waals surface area contributed by atoms with Gasteiger partial charge in [-0.1, -0.05) is 76.9 Å². The Morgan fingerprint density at radius 3 is 1.73 bits per heavy atom. The van der Waals surface area contributed by atoms with Crippen molar-refractivity contribution in [2.24, 2.45) is 5.73 Å². The van der Waals surface area contributed by atoms with Crippen molar-refractivity contribution in [2.45, 2.75) is 96.8 Å². The van der Waals surface area contributed by atoms with Gasteiger partial charge in [-0.15, -0.1) is 0 Å². The third kappa shape index (κ3) is 19.4. The Balaban J connectivity index is 3.06. The lowest BCUT2D eigenvalue weighted by Crippen LogP contribution is -2.29. The van der Waals surface area contributed by atoms with Crippen LogP contribution in [0.2, 0.25) is 0 Å². The van der Waals surface area contributed by atoms with Crippen molar-refractivity contribution in [3.8, 4) is 0 Å². The number of nitrogens with two attached hydrogens (primary N) is 1. The van der Waals surface area contributed by atoms with Crippen molar-refractivity contribution in [3.63, 3.8) is 0 Å². The van der Waals surface area contributed by atoms with Gasteiger partial charge in [-0.2, -0.15) is 0 Å². The lowest BCUT2D eigenvalue weighted by atomic mass is 10.1. The number of hydrogen-bond donors (Lipinski definition) is 2. The van der Waals surface area contributed by atoms with E-state index in [1.807, 2.05) is 0 Å². The number of nitrogens with one attached hydrogen (secondary N) is 1. The first-order valence-electron chi connectivity index (χ1n) is 9.45. The molecule has 130 valence electrons. The zero-order valence-corrected chi connectivity index (χ0v) is 15.6. The van der Waals surface area contributed by atoms with Crippen LogP contribution in [0.1, 0.15) is 96.8 Å². The molecule has 0 heterocycles. The summed E-state index contributed by atoms with van der Waals surface area (Å²) < 4.78 is 0. The molecule has 0 saturated heterocycles. The maximum absolute atomic E-state index is 5.37. The summed E-state index contributed by atoms with van der Waals surface area (Å²) in [5.41, 5.74) is 5.37. The summed E-state index contributed by atoms with van der Waals surface area (Å²) >= 11 is 4.77. The van der Waals surface area contributed by atoms with E-state index in [2.05, 4.69) is 24.4 Å². The molecule has 0 fully saturated rings. The van der Waals surface area contributed by atoms with Gasteiger partial charge in [0.25, 0.3) is 0 Å². The Kier molecular flexibility index (Phi) is 18.0. The zero-order chi connectivity index (χ0) is 16.3. The molecule has 3 heteroatoms. The summed E-state index contributed by atoms with van der Waals surface area (Å²) in [6.45, 7) is 3.20. The lowest BCUT2D eigenvalue weighted by molar-refractivity contribution is 0.592. The Morgan fingerprint density at radius 1 is 0.773 bits per heavy atom. The highest BCUT2D eigenvalue weighted by Crippen LogP contribution is 2.09. The average Bonchev–Trinajstić information content (AvgIpc) is 2.50. The zero-order valence-electron chi connectivity index (χ0n) is 14.7. The van der Waals surface area contributed by atoms with Gasteiger partial charge >= 0.3 is 0 Å². The van der Waals surface area contributed by atoms with Crippen LogP contribution >= 0.6 is 12.2 Å². The van der Waals surface area contributed by atoms with Crippen molar-refractivity contribution in [1.29, 1.82) is 0 Å². The van der Waals surface area contributed by atoms with Crippen molar-refractivity contribution >= 4 is 17.3 Å². The molecule has 0 aromatic carbocycles. The van der Waals surface area contributed by atoms with Crippen LogP contribution in [0.25, 0.3) is 0 Å². The molecule has 0 rings (SSSR count).